The fourth-order valence-electron chi connectivity index (χ4n) is 2.62. The molecule has 1 saturated heterocycles. The smallest absolute Gasteiger partial charge is 0.259 e. The molecule has 0 aliphatic carbocycles. The van der Waals surface area contributed by atoms with E-state index in [0.717, 1.165) is 0 Å². The summed E-state index contributed by atoms with van der Waals surface area (Å²) in [5.74, 6) is 0.217. The lowest BCUT2D eigenvalue weighted by atomic mass is 10.1. The summed E-state index contributed by atoms with van der Waals surface area (Å²) in [5.41, 5.74) is 0. The molecule has 0 aromatic rings. The third-order valence-corrected chi connectivity index (χ3v) is 3.54. The molecule has 108 valence electrons. The van der Waals surface area contributed by atoms with Crippen molar-refractivity contribution in [2.45, 2.75) is 37.8 Å². The fraction of sp³-hybridized carbons (Fsp3) is 0.636. The van der Waals surface area contributed by atoms with Crippen molar-refractivity contribution in [1.29, 1.82) is 5.41 Å². The second-order valence-corrected chi connectivity index (χ2v) is 4.87. The average Bonchev–Trinajstić information content (AvgIpc) is 2.89. The molecule has 0 saturated carbocycles. The monoisotopic (exact) mass is 281 g/mol. The van der Waals surface area contributed by atoms with Crippen molar-refractivity contribution >= 4 is 23.5 Å². The molecule has 1 amide bonds. The molecule has 0 aromatic carbocycles. The van der Waals surface area contributed by atoms with Crippen LogP contribution in [0, 0.1) is 5.41 Å². The molecule has 0 spiro atoms. The van der Waals surface area contributed by atoms with E-state index in [9.17, 15) is 9.90 Å². The van der Waals surface area contributed by atoms with E-state index in [1.807, 2.05) is 0 Å². The van der Waals surface area contributed by atoms with Crippen LogP contribution >= 0.6 is 0 Å². The number of aliphatic imine (C=N–C) groups is 2. The number of amides is 1. The zero-order valence-electron chi connectivity index (χ0n) is 10.8. The quantitative estimate of drug-likeness (QED) is 0.466. The number of carbonyl (C=O) groups excluding carboxylic acids is 1. The predicted octanol–water partition coefficient (Wildman–Crippen LogP) is -1.98. The van der Waals surface area contributed by atoms with Gasteiger partial charge in [-0.25, -0.2) is 0 Å². The maximum absolute atomic E-state index is 11.8. The van der Waals surface area contributed by atoms with Gasteiger partial charge in [-0.2, -0.15) is 4.99 Å². The second kappa shape index (κ2) is 4.62. The van der Waals surface area contributed by atoms with Crippen molar-refractivity contribution in [3.8, 4) is 0 Å². The standard InChI is InChI=1S/C11H15N5O4/c1-4-13-8-9(14-11(12)15-10(8)19)16(4)7-2-5(18)6(3-17)20-7/h5-8,17-18H,2-3H2,1H3,(H2,12,15,19)/t5-,6+,7+,8?/m0/s1. The van der Waals surface area contributed by atoms with E-state index < -0.39 is 30.4 Å². The number of aliphatic hydroxyl groups is 2. The van der Waals surface area contributed by atoms with E-state index in [1.165, 1.54) is 0 Å². The number of rotatable bonds is 2. The molecule has 0 bridgehead atoms. The Labute approximate surface area is 114 Å². The fourth-order valence-corrected chi connectivity index (χ4v) is 2.62. The van der Waals surface area contributed by atoms with Crippen molar-refractivity contribution in [3.63, 3.8) is 0 Å². The first-order valence-electron chi connectivity index (χ1n) is 6.27. The van der Waals surface area contributed by atoms with Gasteiger partial charge in [0, 0.05) is 6.42 Å². The van der Waals surface area contributed by atoms with Crippen molar-refractivity contribution in [2.75, 3.05) is 6.61 Å². The van der Waals surface area contributed by atoms with Crippen molar-refractivity contribution in [2.24, 2.45) is 9.98 Å². The maximum Gasteiger partial charge on any atom is 0.259 e. The van der Waals surface area contributed by atoms with Gasteiger partial charge in [0.05, 0.1) is 12.7 Å². The molecule has 9 heteroatoms. The lowest BCUT2D eigenvalue weighted by Crippen LogP contribution is -2.51. The summed E-state index contributed by atoms with van der Waals surface area (Å²) in [6.07, 6.45) is -1.72. The van der Waals surface area contributed by atoms with Crippen LogP contribution in [-0.4, -0.2) is 69.7 Å². The number of carbonyl (C=O) groups is 1. The van der Waals surface area contributed by atoms with Crippen LogP contribution in [0.15, 0.2) is 9.98 Å². The number of aliphatic hydroxyl groups excluding tert-OH is 2. The molecular formula is C11H15N5O4. The Kier molecular flexibility index (Phi) is 3.04. The molecule has 4 N–H and O–H groups in total. The highest BCUT2D eigenvalue weighted by Crippen LogP contribution is 2.28. The number of ether oxygens (including phenoxy) is 1. The Balaban J connectivity index is 1.89. The average molecular weight is 281 g/mol. The summed E-state index contributed by atoms with van der Waals surface area (Å²) in [6.45, 7) is 1.42. The summed E-state index contributed by atoms with van der Waals surface area (Å²) >= 11 is 0. The molecule has 0 aromatic heterocycles. The highest BCUT2D eigenvalue weighted by atomic mass is 16.5. The number of fused-ring (bicyclic) bond motifs is 1. The van der Waals surface area contributed by atoms with Crippen molar-refractivity contribution < 1.29 is 19.7 Å². The molecule has 4 atom stereocenters. The first-order chi connectivity index (χ1) is 9.51. The summed E-state index contributed by atoms with van der Waals surface area (Å²) in [4.78, 5) is 21.6. The predicted molar refractivity (Wildman–Crippen MR) is 68.4 cm³/mol. The van der Waals surface area contributed by atoms with Gasteiger partial charge in [0.1, 0.15) is 18.2 Å². The van der Waals surface area contributed by atoms with Gasteiger partial charge in [-0.3, -0.25) is 25.4 Å². The van der Waals surface area contributed by atoms with Crippen LogP contribution in [0.4, 0.5) is 0 Å². The van der Waals surface area contributed by atoms with Crippen LogP contribution in [0.1, 0.15) is 13.3 Å². The van der Waals surface area contributed by atoms with Crippen LogP contribution in [0.2, 0.25) is 0 Å². The zero-order valence-corrected chi connectivity index (χ0v) is 10.8. The van der Waals surface area contributed by atoms with Crippen molar-refractivity contribution in [1.82, 2.24) is 10.2 Å². The van der Waals surface area contributed by atoms with E-state index in [1.54, 1.807) is 11.8 Å². The van der Waals surface area contributed by atoms with Gasteiger partial charge in [-0.1, -0.05) is 0 Å². The second-order valence-electron chi connectivity index (χ2n) is 4.87. The molecule has 3 heterocycles. The minimum atomic E-state index is -0.783. The molecule has 9 nitrogen and oxygen atoms in total. The molecule has 20 heavy (non-hydrogen) atoms. The van der Waals surface area contributed by atoms with Crippen LogP contribution in [0.3, 0.4) is 0 Å². The maximum atomic E-state index is 11.8. The van der Waals surface area contributed by atoms with Crippen molar-refractivity contribution in [3.05, 3.63) is 0 Å². The third-order valence-electron chi connectivity index (χ3n) is 3.54. The lowest BCUT2D eigenvalue weighted by molar-refractivity contribution is -0.119. The van der Waals surface area contributed by atoms with Crippen LogP contribution in [-0.2, 0) is 9.53 Å². The number of amidine groups is 2. The highest BCUT2D eigenvalue weighted by Gasteiger charge is 2.46. The largest absolute Gasteiger partial charge is 0.394 e. The molecule has 3 aliphatic heterocycles. The summed E-state index contributed by atoms with van der Waals surface area (Å²) in [7, 11) is 0. The van der Waals surface area contributed by atoms with Crippen LogP contribution in [0.5, 0.6) is 0 Å². The number of nitrogens with zero attached hydrogens (tertiary/aromatic N) is 3. The van der Waals surface area contributed by atoms with E-state index >= 15 is 0 Å². The van der Waals surface area contributed by atoms with Gasteiger partial charge in [0.2, 0.25) is 5.96 Å². The third kappa shape index (κ3) is 1.90. The molecular weight excluding hydrogens is 266 g/mol. The van der Waals surface area contributed by atoms with Gasteiger partial charge in [0.15, 0.2) is 11.9 Å². The Morgan fingerprint density at radius 2 is 2.35 bits per heavy atom. The number of nitrogens with one attached hydrogen (secondary N) is 2. The highest BCUT2D eigenvalue weighted by molar-refractivity contribution is 6.25. The van der Waals surface area contributed by atoms with Gasteiger partial charge in [0.25, 0.3) is 5.91 Å². The minimum Gasteiger partial charge on any atom is -0.394 e. The van der Waals surface area contributed by atoms with Gasteiger partial charge >= 0.3 is 0 Å². The first kappa shape index (κ1) is 13.2. The summed E-state index contributed by atoms with van der Waals surface area (Å²) in [6, 6.07) is -0.780. The number of hydrogen-bond donors (Lipinski definition) is 4. The van der Waals surface area contributed by atoms with Gasteiger partial charge in [-0.05, 0) is 6.92 Å². The van der Waals surface area contributed by atoms with Crippen LogP contribution in [0.25, 0.3) is 0 Å². The minimum absolute atomic E-state index is 0.242. The molecule has 3 rings (SSSR count). The van der Waals surface area contributed by atoms with Crippen LogP contribution < -0.4 is 5.32 Å². The first-order valence-corrected chi connectivity index (χ1v) is 6.27. The molecule has 0 radical (unpaired) electrons. The summed E-state index contributed by atoms with van der Waals surface area (Å²) < 4.78 is 5.56. The molecule has 1 fully saturated rings. The SMILES string of the molecule is CC1=NC2C(=O)NC(=N)N=C2N1[C@H]1C[C@H](O)[C@@H](CO)O1. The Hall–Kier alpha value is -1.84. The topological polar surface area (TPSA) is 131 Å². The zero-order chi connectivity index (χ0) is 14.4. The van der Waals surface area contributed by atoms with Gasteiger partial charge in [-0.15, -0.1) is 0 Å². The Morgan fingerprint density at radius 1 is 1.60 bits per heavy atom. The summed E-state index contributed by atoms with van der Waals surface area (Å²) in [5, 5.41) is 28.7. The number of hydrogen-bond acceptors (Lipinski definition) is 7. The van der Waals surface area contributed by atoms with E-state index in [4.69, 9.17) is 15.3 Å². The Morgan fingerprint density at radius 3 is 3.00 bits per heavy atom. The number of guanidine groups is 1. The van der Waals surface area contributed by atoms with E-state index in [2.05, 4.69) is 15.3 Å². The normalized spacial score (nSPS) is 36.6. The van der Waals surface area contributed by atoms with E-state index in [0.29, 0.717) is 11.7 Å². The molecule has 1 unspecified atom stereocenters. The lowest BCUT2D eigenvalue weighted by Gasteiger charge is -2.28. The van der Waals surface area contributed by atoms with Gasteiger partial charge < -0.3 is 14.9 Å². The Bertz CT molecular complexity index is 531. The van der Waals surface area contributed by atoms with E-state index in [-0.39, 0.29) is 19.0 Å². The molecule has 3 aliphatic rings.